The first-order chi connectivity index (χ1) is 13.7. The predicted molar refractivity (Wildman–Crippen MR) is 114 cm³/mol. The number of rotatable bonds is 4. The Morgan fingerprint density at radius 1 is 0.931 bits per heavy atom. The van der Waals surface area contributed by atoms with E-state index in [2.05, 4.69) is 21.1 Å². The maximum atomic E-state index is 12.3. The molecule has 1 heterocycles. The summed E-state index contributed by atoms with van der Waals surface area (Å²) in [5, 5.41) is 12.3. The molecular formula is C21H21ClN4O3. The van der Waals surface area contributed by atoms with E-state index in [4.69, 9.17) is 16.1 Å². The van der Waals surface area contributed by atoms with Crippen LogP contribution in [-0.4, -0.2) is 17.1 Å². The van der Waals surface area contributed by atoms with E-state index in [1.165, 1.54) is 0 Å². The molecular weight excluding hydrogens is 392 g/mol. The van der Waals surface area contributed by atoms with Crippen molar-refractivity contribution in [3.63, 3.8) is 0 Å². The number of anilines is 3. The molecule has 0 bridgehead atoms. The molecule has 7 nitrogen and oxygen atoms in total. The molecule has 1 aromatic heterocycles. The second kappa shape index (κ2) is 8.36. The average Bonchev–Trinajstić information content (AvgIpc) is 3.12. The lowest BCUT2D eigenvalue weighted by molar-refractivity contribution is 0.102. The molecule has 2 aromatic carbocycles. The van der Waals surface area contributed by atoms with Gasteiger partial charge < -0.3 is 15.2 Å². The smallest absolute Gasteiger partial charge is 0.324 e. The van der Waals surface area contributed by atoms with Crippen molar-refractivity contribution in [3.8, 4) is 0 Å². The van der Waals surface area contributed by atoms with Gasteiger partial charge in [-0.3, -0.25) is 10.1 Å². The average molecular weight is 413 g/mol. The third-order valence-corrected chi connectivity index (χ3v) is 4.34. The Balaban J connectivity index is 1.57. The molecule has 0 aliphatic heterocycles. The van der Waals surface area contributed by atoms with Crippen LogP contribution in [-0.2, 0) is 5.41 Å². The van der Waals surface area contributed by atoms with Gasteiger partial charge in [-0.2, -0.15) is 0 Å². The molecule has 0 atom stereocenters. The highest BCUT2D eigenvalue weighted by molar-refractivity contribution is 6.34. The summed E-state index contributed by atoms with van der Waals surface area (Å²) >= 11 is 6.03. The lowest BCUT2D eigenvalue weighted by Gasteiger charge is -2.12. The summed E-state index contributed by atoms with van der Waals surface area (Å²) in [6.45, 7) is 5.97. The summed E-state index contributed by atoms with van der Waals surface area (Å²) in [7, 11) is 0. The van der Waals surface area contributed by atoms with Crippen LogP contribution in [0.1, 0.15) is 36.9 Å². The topological polar surface area (TPSA) is 96.3 Å². The van der Waals surface area contributed by atoms with Crippen molar-refractivity contribution in [1.29, 1.82) is 0 Å². The Morgan fingerprint density at radius 3 is 2.14 bits per heavy atom. The molecule has 0 fully saturated rings. The third kappa shape index (κ3) is 5.36. The number of nitrogens with zero attached hydrogens (tertiary/aromatic N) is 1. The lowest BCUT2D eigenvalue weighted by Crippen LogP contribution is -2.19. The number of aromatic nitrogens is 1. The van der Waals surface area contributed by atoms with E-state index in [1.807, 2.05) is 20.8 Å². The van der Waals surface area contributed by atoms with E-state index in [9.17, 15) is 9.59 Å². The number of carbonyl (C=O) groups is 2. The van der Waals surface area contributed by atoms with Crippen molar-refractivity contribution in [2.75, 3.05) is 16.0 Å². The first kappa shape index (κ1) is 20.4. The van der Waals surface area contributed by atoms with Crippen molar-refractivity contribution >= 4 is 40.7 Å². The van der Waals surface area contributed by atoms with Gasteiger partial charge in [0.1, 0.15) is 5.76 Å². The van der Waals surface area contributed by atoms with Crippen LogP contribution in [0.5, 0.6) is 0 Å². The maximum Gasteiger partial charge on any atom is 0.324 e. The van der Waals surface area contributed by atoms with Crippen molar-refractivity contribution in [2.24, 2.45) is 0 Å². The summed E-state index contributed by atoms with van der Waals surface area (Å²) in [4.78, 5) is 24.4. The van der Waals surface area contributed by atoms with E-state index in [-0.39, 0.29) is 11.3 Å². The zero-order valence-corrected chi connectivity index (χ0v) is 17.0. The minimum absolute atomic E-state index is 0.201. The molecule has 150 valence electrons. The molecule has 3 amide bonds. The monoisotopic (exact) mass is 412 g/mol. The van der Waals surface area contributed by atoms with Crippen LogP contribution in [0.3, 0.4) is 0 Å². The van der Waals surface area contributed by atoms with Gasteiger partial charge in [-0.05, 0) is 36.4 Å². The van der Waals surface area contributed by atoms with E-state index in [0.29, 0.717) is 33.5 Å². The molecule has 29 heavy (non-hydrogen) atoms. The van der Waals surface area contributed by atoms with E-state index in [0.717, 1.165) is 0 Å². The van der Waals surface area contributed by atoms with E-state index >= 15 is 0 Å². The van der Waals surface area contributed by atoms with Crippen LogP contribution in [0.25, 0.3) is 0 Å². The number of hydrogen-bond donors (Lipinski definition) is 3. The van der Waals surface area contributed by atoms with Gasteiger partial charge in [-0.25, -0.2) is 4.79 Å². The van der Waals surface area contributed by atoms with Gasteiger partial charge in [0.2, 0.25) is 0 Å². The van der Waals surface area contributed by atoms with Gasteiger partial charge in [-0.1, -0.05) is 49.7 Å². The molecule has 3 N–H and O–H groups in total. The third-order valence-electron chi connectivity index (χ3n) is 4.01. The fraction of sp³-hybridized carbons (Fsp3) is 0.190. The van der Waals surface area contributed by atoms with Gasteiger partial charge >= 0.3 is 6.03 Å². The number of urea groups is 1. The van der Waals surface area contributed by atoms with Crippen LogP contribution in [0.4, 0.5) is 22.0 Å². The Morgan fingerprint density at radius 2 is 1.55 bits per heavy atom. The molecule has 0 radical (unpaired) electrons. The SMILES string of the molecule is CC(C)(C)c1cc(NC(=O)Nc2ccc(NC(=O)c3ccccc3Cl)cc2)no1. The predicted octanol–water partition coefficient (Wildman–Crippen LogP) is 5.52. The Kier molecular flexibility index (Phi) is 5.89. The van der Waals surface area contributed by atoms with Crippen LogP contribution in [0, 0.1) is 0 Å². The van der Waals surface area contributed by atoms with Crippen molar-refractivity contribution in [3.05, 3.63) is 70.9 Å². The zero-order chi connectivity index (χ0) is 21.0. The standard InChI is InChI=1S/C21H21ClN4O3/c1-21(2,3)17-12-18(26-29-17)25-20(28)24-14-10-8-13(9-11-14)23-19(27)15-6-4-5-7-16(15)22/h4-12H,1-3H3,(H,23,27)(H2,24,25,26,28). The fourth-order valence-corrected chi connectivity index (χ4v) is 2.67. The molecule has 0 aliphatic rings. The summed E-state index contributed by atoms with van der Waals surface area (Å²) in [6, 6.07) is 14.7. The highest BCUT2D eigenvalue weighted by Crippen LogP contribution is 2.24. The molecule has 0 unspecified atom stereocenters. The number of halogens is 1. The summed E-state index contributed by atoms with van der Waals surface area (Å²) in [6.07, 6.45) is 0. The molecule has 0 aliphatic carbocycles. The number of nitrogens with one attached hydrogen (secondary N) is 3. The van der Waals surface area contributed by atoms with Crippen molar-refractivity contribution < 1.29 is 14.1 Å². The van der Waals surface area contributed by atoms with Gasteiger partial charge in [0.05, 0.1) is 10.6 Å². The van der Waals surface area contributed by atoms with Crippen LogP contribution >= 0.6 is 11.6 Å². The number of benzene rings is 2. The molecule has 0 spiro atoms. The number of hydrogen-bond acceptors (Lipinski definition) is 4. The summed E-state index contributed by atoms with van der Waals surface area (Å²) in [5.74, 6) is 0.692. The molecule has 3 aromatic rings. The number of carbonyl (C=O) groups excluding carboxylic acids is 2. The summed E-state index contributed by atoms with van der Waals surface area (Å²) in [5.41, 5.74) is 1.32. The second-order valence-electron chi connectivity index (χ2n) is 7.42. The molecule has 0 saturated heterocycles. The Hall–Kier alpha value is -3.32. The Bertz CT molecular complexity index is 1020. The first-order valence-electron chi connectivity index (χ1n) is 8.93. The van der Waals surface area contributed by atoms with Crippen molar-refractivity contribution in [2.45, 2.75) is 26.2 Å². The first-order valence-corrected chi connectivity index (χ1v) is 9.31. The second-order valence-corrected chi connectivity index (χ2v) is 7.82. The minimum Gasteiger partial charge on any atom is -0.359 e. The maximum absolute atomic E-state index is 12.3. The van der Waals surface area contributed by atoms with Gasteiger partial charge in [0.25, 0.3) is 5.91 Å². The van der Waals surface area contributed by atoms with Crippen molar-refractivity contribution in [1.82, 2.24) is 5.16 Å². The highest BCUT2D eigenvalue weighted by atomic mass is 35.5. The minimum atomic E-state index is -0.452. The lowest BCUT2D eigenvalue weighted by atomic mass is 9.93. The van der Waals surface area contributed by atoms with Crippen LogP contribution in [0.15, 0.2) is 59.1 Å². The Labute approximate surface area is 173 Å². The van der Waals surface area contributed by atoms with Crippen LogP contribution < -0.4 is 16.0 Å². The fourth-order valence-electron chi connectivity index (χ4n) is 2.45. The molecule has 0 saturated carbocycles. The van der Waals surface area contributed by atoms with E-state index < -0.39 is 6.03 Å². The molecule has 3 rings (SSSR count). The largest absolute Gasteiger partial charge is 0.359 e. The normalized spacial score (nSPS) is 11.0. The van der Waals surface area contributed by atoms with Gasteiger partial charge in [0.15, 0.2) is 5.82 Å². The zero-order valence-electron chi connectivity index (χ0n) is 16.2. The quantitative estimate of drug-likeness (QED) is 0.525. The summed E-state index contributed by atoms with van der Waals surface area (Å²) < 4.78 is 5.24. The van der Waals surface area contributed by atoms with Gasteiger partial charge in [-0.15, -0.1) is 0 Å². The molecule has 8 heteroatoms. The van der Waals surface area contributed by atoms with Gasteiger partial charge in [0, 0.05) is 22.9 Å². The highest BCUT2D eigenvalue weighted by Gasteiger charge is 2.20. The van der Waals surface area contributed by atoms with E-state index in [1.54, 1.807) is 54.6 Å². The van der Waals surface area contributed by atoms with Crippen LogP contribution in [0.2, 0.25) is 5.02 Å². The number of amides is 3.